The molecular formula is C11H23N3O. The van der Waals surface area contributed by atoms with Crippen LogP contribution in [0.2, 0.25) is 0 Å². The molecule has 0 radical (unpaired) electrons. The minimum absolute atomic E-state index is 0.294. The number of hydrogen-bond donors (Lipinski definition) is 2. The van der Waals surface area contributed by atoms with Gasteiger partial charge in [-0.05, 0) is 31.7 Å². The molecule has 88 valence electrons. The Hall–Kier alpha value is -0.160. The lowest BCUT2D eigenvalue weighted by atomic mass is 10.0. The van der Waals surface area contributed by atoms with Gasteiger partial charge in [0, 0.05) is 13.1 Å². The normalized spacial score (nSPS) is 30.4. The average molecular weight is 213 g/mol. The average Bonchev–Trinajstić information content (AvgIpc) is 3.04. The standard InChI is InChI=1S/C11H23N3O/c1-2-5-14-6-7-15-10(8-14)11(13-12)9-3-4-9/h9-11,13H,2-8,12H2,1H3. The Labute approximate surface area is 92.1 Å². The van der Waals surface area contributed by atoms with Crippen LogP contribution in [-0.2, 0) is 4.74 Å². The number of hydrogen-bond acceptors (Lipinski definition) is 4. The van der Waals surface area contributed by atoms with E-state index in [0.717, 1.165) is 25.6 Å². The van der Waals surface area contributed by atoms with E-state index in [9.17, 15) is 0 Å². The lowest BCUT2D eigenvalue weighted by molar-refractivity contribution is -0.0500. The maximum absolute atomic E-state index is 5.82. The summed E-state index contributed by atoms with van der Waals surface area (Å²) in [5, 5.41) is 0. The molecule has 2 fully saturated rings. The van der Waals surface area contributed by atoms with Crippen molar-refractivity contribution in [1.29, 1.82) is 0 Å². The van der Waals surface area contributed by atoms with Crippen LogP contribution in [0.3, 0.4) is 0 Å². The second kappa shape index (κ2) is 5.25. The molecule has 1 aliphatic carbocycles. The number of hydrazine groups is 1. The molecule has 4 heteroatoms. The zero-order chi connectivity index (χ0) is 10.7. The fourth-order valence-electron chi connectivity index (χ4n) is 2.47. The largest absolute Gasteiger partial charge is 0.374 e. The molecule has 2 unspecified atom stereocenters. The monoisotopic (exact) mass is 213 g/mol. The van der Waals surface area contributed by atoms with Gasteiger partial charge < -0.3 is 4.74 Å². The number of ether oxygens (including phenoxy) is 1. The first kappa shape index (κ1) is 11.3. The number of nitrogens with two attached hydrogens (primary N) is 1. The number of nitrogens with zero attached hydrogens (tertiary/aromatic N) is 1. The summed E-state index contributed by atoms with van der Waals surface area (Å²) in [6.07, 6.45) is 4.13. The molecule has 0 aromatic rings. The minimum Gasteiger partial charge on any atom is -0.374 e. The van der Waals surface area contributed by atoms with E-state index in [2.05, 4.69) is 17.2 Å². The van der Waals surface area contributed by atoms with E-state index in [-0.39, 0.29) is 0 Å². The third kappa shape index (κ3) is 2.91. The highest BCUT2D eigenvalue weighted by Crippen LogP contribution is 2.35. The molecule has 1 heterocycles. The number of nitrogens with one attached hydrogen (secondary N) is 1. The molecule has 1 saturated heterocycles. The number of morpholine rings is 1. The molecule has 3 N–H and O–H groups in total. The maximum atomic E-state index is 5.82. The van der Waals surface area contributed by atoms with Crippen LogP contribution in [0, 0.1) is 5.92 Å². The van der Waals surface area contributed by atoms with Gasteiger partial charge in [-0.3, -0.25) is 16.2 Å². The van der Waals surface area contributed by atoms with Crippen molar-refractivity contribution in [3.63, 3.8) is 0 Å². The topological polar surface area (TPSA) is 50.5 Å². The van der Waals surface area contributed by atoms with Crippen LogP contribution in [0.4, 0.5) is 0 Å². The Morgan fingerprint density at radius 1 is 1.53 bits per heavy atom. The first-order chi connectivity index (χ1) is 7.35. The third-order valence-electron chi connectivity index (χ3n) is 3.44. The van der Waals surface area contributed by atoms with Gasteiger partial charge in [0.25, 0.3) is 0 Å². The zero-order valence-electron chi connectivity index (χ0n) is 9.61. The summed E-state index contributed by atoms with van der Waals surface area (Å²) in [5.41, 5.74) is 2.94. The summed E-state index contributed by atoms with van der Waals surface area (Å²) in [4.78, 5) is 2.49. The molecule has 0 amide bonds. The van der Waals surface area contributed by atoms with Crippen molar-refractivity contribution >= 4 is 0 Å². The van der Waals surface area contributed by atoms with Gasteiger partial charge in [0.1, 0.15) is 0 Å². The van der Waals surface area contributed by atoms with Gasteiger partial charge in [-0.25, -0.2) is 0 Å². The Kier molecular flexibility index (Phi) is 3.97. The van der Waals surface area contributed by atoms with Crippen LogP contribution < -0.4 is 11.3 Å². The van der Waals surface area contributed by atoms with Gasteiger partial charge in [-0.1, -0.05) is 6.92 Å². The van der Waals surface area contributed by atoms with Gasteiger partial charge in [-0.15, -0.1) is 0 Å². The van der Waals surface area contributed by atoms with Crippen molar-refractivity contribution in [3.8, 4) is 0 Å². The Balaban J connectivity index is 1.84. The zero-order valence-corrected chi connectivity index (χ0v) is 9.61. The van der Waals surface area contributed by atoms with Crippen LogP contribution in [0.25, 0.3) is 0 Å². The van der Waals surface area contributed by atoms with Crippen molar-refractivity contribution in [2.75, 3.05) is 26.2 Å². The smallest absolute Gasteiger partial charge is 0.0871 e. The lowest BCUT2D eigenvalue weighted by Crippen LogP contribution is -2.55. The van der Waals surface area contributed by atoms with Crippen molar-refractivity contribution in [1.82, 2.24) is 10.3 Å². The summed E-state index contributed by atoms with van der Waals surface area (Å²) in [7, 11) is 0. The molecule has 1 saturated carbocycles. The van der Waals surface area contributed by atoms with E-state index >= 15 is 0 Å². The first-order valence-electron chi connectivity index (χ1n) is 6.15. The van der Waals surface area contributed by atoms with E-state index in [4.69, 9.17) is 10.6 Å². The molecular weight excluding hydrogens is 190 g/mol. The molecule has 0 aromatic heterocycles. The summed E-state index contributed by atoms with van der Waals surface area (Å²) in [6, 6.07) is 0.365. The molecule has 0 spiro atoms. The lowest BCUT2D eigenvalue weighted by Gasteiger charge is -2.36. The molecule has 15 heavy (non-hydrogen) atoms. The third-order valence-corrected chi connectivity index (χ3v) is 3.44. The summed E-state index contributed by atoms with van der Waals surface area (Å²) in [6.45, 7) is 6.38. The number of rotatable bonds is 5. The van der Waals surface area contributed by atoms with Crippen LogP contribution in [-0.4, -0.2) is 43.3 Å². The van der Waals surface area contributed by atoms with Crippen LogP contribution in [0.1, 0.15) is 26.2 Å². The summed E-state index contributed by atoms with van der Waals surface area (Å²) >= 11 is 0. The van der Waals surface area contributed by atoms with E-state index in [1.165, 1.54) is 25.8 Å². The molecule has 4 nitrogen and oxygen atoms in total. The Morgan fingerprint density at radius 2 is 2.33 bits per heavy atom. The van der Waals surface area contributed by atoms with Gasteiger partial charge >= 0.3 is 0 Å². The van der Waals surface area contributed by atoms with Gasteiger partial charge in [0.05, 0.1) is 18.8 Å². The highest BCUT2D eigenvalue weighted by atomic mass is 16.5. The molecule has 0 aromatic carbocycles. The van der Waals surface area contributed by atoms with Crippen molar-refractivity contribution in [3.05, 3.63) is 0 Å². The van der Waals surface area contributed by atoms with Gasteiger partial charge in [0.2, 0.25) is 0 Å². The Morgan fingerprint density at radius 3 is 2.93 bits per heavy atom. The fraction of sp³-hybridized carbons (Fsp3) is 1.00. The quantitative estimate of drug-likeness (QED) is 0.511. The second-order valence-electron chi connectivity index (χ2n) is 4.74. The maximum Gasteiger partial charge on any atom is 0.0871 e. The van der Waals surface area contributed by atoms with Crippen molar-refractivity contribution in [2.24, 2.45) is 11.8 Å². The fourth-order valence-corrected chi connectivity index (χ4v) is 2.47. The van der Waals surface area contributed by atoms with Gasteiger partial charge in [0.15, 0.2) is 0 Å². The first-order valence-corrected chi connectivity index (χ1v) is 6.15. The van der Waals surface area contributed by atoms with E-state index in [0.29, 0.717) is 12.1 Å². The van der Waals surface area contributed by atoms with Crippen LogP contribution in [0.15, 0.2) is 0 Å². The van der Waals surface area contributed by atoms with E-state index < -0.39 is 0 Å². The van der Waals surface area contributed by atoms with Gasteiger partial charge in [-0.2, -0.15) is 0 Å². The molecule has 0 bridgehead atoms. The van der Waals surface area contributed by atoms with E-state index in [1.807, 2.05) is 0 Å². The molecule has 2 rings (SSSR count). The van der Waals surface area contributed by atoms with Crippen LogP contribution >= 0.6 is 0 Å². The van der Waals surface area contributed by atoms with E-state index in [1.54, 1.807) is 0 Å². The summed E-state index contributed by atoms with van der Waals surface area (Å²) in [5.74, 6) is 6.37. The summed E-state index contributed by atoms with van der Waals surface area (Å²) < 4.78 is 5.82. The molecule has 1 aliphatic heterocycles. The van der Waals surface area contributed by atoms with Crippen LogP contribution in [0.5, 0.6) is 0 Å². The van der Waals surface area contributed by atoms with Crippen molar-refractivity contribution < 1.29 is 4.74 Å². The molecule has 2 aliphatic rings. The SMILES string of the molecule is CCCN1CCOC(C(NN)C2CC2)C1. The predicted octanol–water partition coefficient (Wildman–Crippen LogP) is 0.339. The molecule has 2 atom stereocenters. The minimum atomic E-state index is 0.294. The van der Waals surface area contributed by atoms with Crippen molar-refractivity contribution in [2.45, 2.75) is 38.3 Å². The highest BCUT2D eigenvalue weighted by Gasteiger charge is 2.38. The Bertz CT molecular complexity index is 194. The predicted molar refractivity (Wildman–Crippen MR) is 60.3 cm³/mol. The highest BCUT2D eigenvalue weighted by molar-refractivity contribution is 4.92. The second-order valence-corrected chi connectivity index (χ2v) is 4.74.